The quantitative estimate of drug-likeness (QED) is 0.633. The molecule has 3 aliphatic carbocycles. The standard InChI is InChI=1S/C29H34N2O/c1-27-11-9-23-16-22-5-6-24(30-2)17-28(22)12-13-29(23,32-28)26(27)8-7-25(27)20-4-3-19-10-14-31-18-21(19)15-20/h3-4,9-10,14-16,18,24-26,30H,5-8,11-13,17H2,1-2H3/t24?,25?,26-,27+,28-,29-/m1/s1. The summed E-state index contributed by atoms with van der Waals surface area (Å²) in [6, 6.07) is 9.79. The number of pyridine rings is 1. The number of hydrogen-bond acceptors (Lipinski definition) is 3. The number of aromatic nitrogens is 1. The van der Waals surface area contributed by atoms with Crippen LogP contribution < -0.4 is 5.32 Å². The van der Waals surface area contributed by atoms with E-state index in [4.69, 9.17) is 4.74 Å². The van der Waals surface area contributed by atoms with Crippen molar-refractivity contribution in [3.05, 3.63) is 65.5 Å². The van der Waals surface area contributed by atoms with Crippen LogP contribution in [0.2, 0.25) is 0 Å². The molecule has 1 aromatic heterocycles. The number of benzene rings is 1. The summed E-state index contributed by atoms with van der Waals surface area (Å²) in [5, 5.41) is 6.11. The van der Waals surface area contributed by atoms with Crippen LogP contribution in [-0.4, -0.2) is 29.3 Å². The zero-order valence-corrected chi connectivity index (χ0v) is 19.4. The Labute approximate surface area is 191 Å². The van der Waals surface area contributed by atoms with Crippen molar-refractivity contribution in [2.45, 2.75) is 81.5 Å². The first-order chi connectivity index (χ1) is 15.6. The van der Waals surface area contributed by atoms with E-state index in [-0.39, 0.29) is 16.6 Å². The molecule has 166 valence electrons. The topological polar surface area (TPSA) is 34.2 Å². The van der Waals surface area contributed by atoms with Gasteiger partial charge in [0.15, 0.2) is 0 Å². The highest BCUT2D eigenvalue weighted by molar-refractivity contribution is 5.82. The fourth-order valence-electron chi connectivity index (χ4n) is 8.52. The fraction of sp³-hybridized carbons (Fsp3) is 0.552. The highest BCUT2D eigenvalue weighted by Gasteiger charge is 2.66. The molecule has 3 heteroatoms. The average molecular weight is 427 g/mol. The van der Waals surface area contributed by atoms with Gasteiger partial charge in [0.2, 0.25) is 0 Å². The zero-order valence-electron chi connectivity index (χ0n) is 19.4. The monoisotopic (exact) mass is 426 g/mol. The van der Waals surface area contributed by atoms with Gasteiger partial charge in [-0.15, -0.1) is 0 Å². The van der Waals surface area contributed by atoms with Gasteiger partial charge in [0.1, 0.15) is 0 Å². The van der Waals surface area contributed by atoms with Crippen LogP contribution in [-0.2, 0) is 4.74 Å². The maximum Gasteiger partial charge on any atom is 0.0974 e. The highest BCUT2D eigenvalue weighted by Crippen LogP contribution is 2.69. The van der Waals surface area contributed by atoms with Crippen molar-refractivity contribution in [2.75, 3.05) is 7.05 Å². The van der Waals surface area contributed by atoms with Crippen molar-refractivity contribution >= 4 is 10.8 Å². The molecule has 0 radical (unpaired) electrons. The number of hydrogen-bond donors (Lipinski definition) is 1. The molecule has 2 unspecified atom stereocenters. The van der Waals surface area contributed by atoms with Gasteiger partial charge in [0.05, 0.1) is 11.2 Å². The van der Waals surface area contributed by atoms with Gasteiger partial charge < -0.3 is 10.1 Å². The molecule has 2 saturated carbocycles. The lowest BCUT2D eigenvalue weighted by Gasteiger charge is -2.54. The normalized spacial score (nSPS) is 42.1. The maximum absolute atomic E-state index is 7.36. The Bertz CT molecular complexity index is 1170. The van der Waals surface area contributed by atoms with Crippen LogP contribution in [0.15, 0.2) is 60.0 Å². The number of allylic oxidation sites excluding steroid dienone is 1. The lowest BCUT2D eigenvalue weighted by Crippen LogP contribution is -2.54. The van der Waals surface area contributed by atoms with Gasteiger partial charge in [0.25, 0.3) is 0 Å². The van der Waals surface area contributed by atoms with E-state index in [9.17, 15) is 0 Å². The Balaban J connectivity index is 1.29. The molecule has 0 amide bonds. The third-order valence-electron chi connectivity index (χ3n) is 10.2. The Hall–Kier alpha value is -1.97. The summed E-state index contributed by atoms with van der Waals surface area (Å²) < 4.78 is 7.36. The number of ether oxygens (including phenoxy) is 1. The molecule has 3 nitrogen and oxygen atoms in total. The fourth-order valence-corrected chi connectivity index (χ4v) is 8.52. The third-order valence-corrected chi connectivity index (χ3v) is 10.2. The molecule has 6 atom stereocenters. The summed E-state index contributed by atoms with van der Waals surface area (Å²) in [6.45, 7) is 2.57. The van der Waals surface area contributed by atoms with E-state index in [0.29, 0.717) is 17.9 Å². The lowest BCUT2D eigenvalue weighted by atomic mass is 9.58. The van der Waals surface area contributed by atoms with E-state index in [2.05, 4.69) is 60.7 Å². The van der Waals surface area contributed by atoms with E-state index in [0.717, 1.165) is 6.42 Å². The van der Waals surface area contributed by atoms with Crippen LogP contribution >= 0.6 is 0 Å². The minimum absolute atomic E-state index is 0.00573. The largest absolute Gasteiger partial charge is 0.359 e. The average Bonchev–Trinajstić information content (AvgIpc) is 3.33. The van der Waals surface area contributed by atoms with E-state index in [1.807, 2.05) is 12.4 Å². The van der Waals surface area contributed by atoms with Crippen molar-refractivity contribution in [1.82, 2.24) is 10.3 Å². The molecule has 2 spiro atoms. The Morgan fingerprint density at radius 3 is 2.94 bits per heavy atom. The molecular formula is C29H34N2O. The van der Waals surface area contributed by atoms with E-state index >= 15 is 0 Å². The van der Waals surface area contributed by atoms with Gasteiger partial charge in [-0.1, -0.05) is 31.2 Å². The van der Waals surface area contributed by atoms with Crippen molar-refractivity contribution in [1.29, 1.82) is 0 Å². The van der Waals surface area contributed by atoms with Gasteiger partial charge in [-0.3, -0.25) is 4.98 Å². The molecule has 32 heavy (non-hydrogen) atoms. The predicted molar refractivity (Wildman–Crippen MR) is 129 cm³/mol. The predicted octanol–water partition coefficient (Wildman–Crippen LogP) is 6.06. The van der Waals surface area contributed by atoms with Crippen molar-refractivity contribution < 1.29 is 4.74 Å². The van der Waals surface area contributed by atoms with Gasteiger partial charge in [-0.05, 0) is 110 Å². The minimum atomic E-state index is -0.0563. The molecule has 2 bridgehead atoms. The Morgan fingerprint density at radius 1 is 1.09 bits per heavy atom. The van der Waals surface area contributed by atoms with Crippen molar-refractivity contribution in [2.24, 2.45) is 11.3 Å². The van der Waals surface area contributed by atoms with Gasteiger partial charge in [-0.25, -0.2) is 0 Å². The first-order valence-corrected chi connectivity index (χ1v) is 12.7. The molecule has 3 heterocycles. The molecule has 3 fully saturated rings. The second-order valence-electron chi connectivity index (χ2n) is 11.4. The van der Waals surface area contributed by atoms with Crippen LogP contribution in [0.1, 0.15) is 69.8 Å². The third kappa shape index (κ3) is 2.42. The maximum atomic E-state index is 7.36. The Kier molecular flexibility index (Phi) is 3.99. The van der Waals surface area contributed by atoms with Crippen LogP contribution in [0.3, 0.4) is 0 Å². The summed E-state index contributed by atoms with van der Waals surface area (Å²) >= 11 is 0. The second kappa shape index (κ2) is 6.55. The number of rotatable bonds is 2. The molecule has 1 N–H and O–H groups in total. The highest BCUT2D eigenvalue weighted by atomic mass is 16.5. The van der Waals surface area contributed by atoms with Gasteiger partial charge in [0, 0.05) is 23.8 Å². The van der Waals surface area contributed by atoms with E-state index < -0.39 is 0 Å². The molecule has 1 saturated heterocycles. The molecule has 1 aromatic carbocycles. The zero-order chi connectivity index (χ0) is 21.6. The number of nitrogens with zero attached hydrogens (tertiary/aromatic N) is 1. The number of nitrogens with one attached hydrogen (secondary N) is 1. The van der Waals surface area contributed by atoms with Gasteiger partial charge in [-0.2, -0.15) is 0 Å². The van der Waals surface area contributed by atoms with E-state index in [1.165, 1.54) is 66.9 Å². The molecule has 7 rings (SSSR count). The summed E-state index contributed by atoms with van der Waals surface area (Å²) in [5.41, 5.74) is 4.80. The van der Waals surface area contributed by atoms with Crippen molar-refractivity contribution in [3.8, 4) is 0 Å². The van der Waals surface area contributed by atoms with Crippen LogP contribution in [0.4, 0.5) is 0 Å². The smallest absolute Gasteiger partial charge is 0.0974 e. The van der Waals surface area contributed by atoms with E-state index in [1.54, 1.807) is 5.57 Å². The molecule has 2 aromatic rings. The van der Waals surface area contributed by atoms with Crippen LogP contribution in [0.25, 0.3) is 10.8 Å². The first-order valence-electron chi connectivity index (χ1n) is 12.7. The van der Waals surface area contributed by atoms with Crippen molar-refractivity contribution in [3.63, 3.8) is 0 Å². The number of fused-ring (bicyclic) bond motifs is 2. The summed E-state index contributed by atoms with van der Waals surface area (Å²) in [7, 11) is 2.12. The Morgan fingerprint density at radius 2 is 2.03 bits per heavy atom. The van der Waals surface area contributed by atoms with Crippen LogP contribution in [0, 0.1) is 11.3 Å². The summed E-state index contributed by atoms with van der Waals surface area (Å²) in [4.78, 5) is 4.37. The lowest BCUT2D eigenvalue weighted by molar-refractivity contribution is -0.136. The SMILES string of the molecule is CNC1CCC2=CC3=CC[C@@]4(C)C(c5ccc6ccncc6c5)CC[C@H]4[C@@]34CC[C@]2(C1)O4. The van der Waals surface area contributed by atoms with Gasteiger partial charge >= 0.3 is 0 Å². The summed E-state index contributed by atoms with van der Waals surface area (Å²) in [5.74, 6) is 1.20. The second-order valence-corrected chi connectivity index (χ2v) is 11.4. The van der Waals surface area contributed by atoms with Crippen LogP contribution in [0.5, 0.6) is 0 Å². The molecular weight excluding hydrogens is 392 g/mol. The first kappa shape index (κ1) is 19.5. The minimum Gasteiger partial charge on any atom is -0.359 e. The molecule has 2 aliphatic heterocycles. The molecule has 5 aliphatic rings. The summed E-state index contributed by atoms with van der Waals surface area (Å²) in [6.07, 6.45) is 18.8.